The van der Waals surface area contributed by atoms with Crippen molar-refractivity contribution in [1.29, 1.82) is 0 Å². The molecule has 0 amide bonds. The molecule has 0 spiro atoms. The molecule has 7 heteroatoms. The molecule has 0 bridgehead atoms. The summed E-state index contributed by atoms with van der Waals surface area (Å²) < 4.78 is 7.00. The van der Waals surface area contributed by atoms with Crippen LogP contribution in [0.2, 0.25) is 0 Å². The van der Waals surface area contributed by atoms with Crippen molar-refractivity contribution >= 4 is 11.8 Å². The van der Waals surface area contributed by atoms with E-state index in [2.05, 4.69) is 26.9 Å². The number of nitrogens with zero attached hydrogens (tertiary/aromatic N) is 4. The van der Waals surface area contributed by atoms with Crippen LogP contribution in [-0.4, -0.2) is 39.6 Å². The van der Waals surface area contributed by atoms with Gasteiger partial charge in [-0.15, -0.1) is 5.10 Å². The Hall–Kier alpha value is -1.60. The highest BCUT2D eigenvalue weighted by atomic mass is 32.2. The summed E-state index contributed by atoms with van der Waals surface area (Å²) in [4.78, 5) is 0. The minimum atomic E-state index is 0.820. The summed E-state index contributed by atoms with van der Waals surface area (Å²) >= 11 is 1.67. The molecule has 0 aliphatic heterocycles. The summed E-state index contributed by atoms with van der Waals surface area (Å²) in [5.74, 6) is 1.92. The van der Waals surface area contributed by atoms with Gasteiger partial charge in [0.2, 0.25) is 5.16 Å². The van der Waals surface area contributed by atoms with E-state index in [0.29, 0.717) is 0 Å². The molecule has 108 valence electrons. The third kappa shape index (κ3) is 4.21. The van der Waals surface area contributed by atoms with Crippen molar-refractivity contribution in [3.05, 3.63) is 29.8 Å². The second kappa shape index (κ2) is 7.86. The van der Waals surface area contributed by atoms with E-state index in [-0.39, 0.29) is 0 Å². The number of aromatic nitrogens is 4. The molecule has 2 rings (SSSR count). The first-order chi connectivity index (χ1) is 9.81. The fourth-order valence-electron chi connectivity index (χ4n) is 1.78. The van der Waals surface area contributed by atoms with Crippen molar-refractivity contribution in [2.75, 3.05) is 19.4 Å². The summed E-state index contributed by atoms with van der Waals surface area (Å²) in [6.45, 7) is 1.77. The predicted octanol–water partition coefficient (Wildman–Crippen LogP) is 1.49. The SMILES string of the molecule is COc1ccccc1CNCCCSc1nnnn1C. The average Bonchev–Trinajstić information content (AvgIpc) is 2.88. The first kappa shape index (κ1) is 14.8. The van der Waals surface area contributed by atoms with Gasteiger partial charge < -0.3 is 10.1 Å². The van der Waals surface area contributed by atoms with Crippen molar-refractivity contribution in [2.45, 2.75) is 18.1 Å². The monoisotopic (exact) mass is 293 g/mol. The summed E-state index contributed by atoms with van der Waals surface area (Å²) in [6.07, 6.45) is 1.06. The maximum Gasteiger partial charge on any atom is 0.209 e. The highest BCUT2D eigenvalue weighted by Gasteiger charge is 2.03. The van der Waals surface area contributed by atoms with E-state index >= 15 is 0 Å². The fraction of sp³-hybridized carbons (Fsp3) is 0.462. The normalized spacial score (nSPS) is 10.7. The Morgan fingerprint density at radius 2 is 2.20 bits per heavy atom. The Morgan fingerprint density at radius 1 is 1.35 bits per heavy atom. The smallest absolute Gasteiger partial charge is 0.209 e. The number of ether oxygens (including phenoxy) is 1. The number of hydrogen-bond acceptors (Lipinski definition) is 6. The van der Waals surface area contributed by atoms with Crippen molar-refractivity contribution in [3.63, 3.8) is 0 Å². The topological polar surface area (TPSA) is 64.9 Å². The van der Waals surface area contributed by atoms with Gasteiger partial charge in [-0.05, 0) is 29.5 Å². The quantitative estimate of drug-likeness (QED) is 0.587. The van der Waals surface area contributed by atoms with E-state index in [1.165, 1.54) is 5.56 Å². The van der Waals surface area contributed by atoms with E-state index in [9.17, 15) is 0 Å². The van der Waals surface area contributed by atoms with Crippen LogP contribution in [0, 0.1) is 0 Å². The van der Waals surface area contributed by atoms with Crippen LogP contribution >= 0.6 is 11.8 Å². The fourth-order valence-corrected chi connectivity index (χ4v) is 2.57. The van der Waals surface area contributed by atoms with E-state index in [1.807, 2.05) is 25.2 Å². The van der Waals surface area contributed by atoms with E-state index in [1.54, 1.807) is 23.6 Å². The highest BCUT2D eigenvalue weighted by molar-refractivity contribution is 7.99. The Labute approximate surface area is 122 Å². The number of rotatable bonds is 8. The zero-order valence-electron chi connectivity index (χ0n) is 11.7. The van der Waals surface area contributed by atoms with Crippen molar-refractivity contribution in [2.24, 2.45) is 7.05 Å². The molecular formula is C13H19N5OS. The first-order valence-corrected chi connectivity index (χ1v) is 7.47. The molecule has 1 heterocycles. The molecule has 0 aliphatic carbocycles. The summed E-state index contributed by atoms with van der Waals surface area (Å²) in [7, 11) is 3.55. The molecule has 0 saturated carbocycles. The number of aryl methyl sites for hydroxylation is 1. The minimum Gasteiger partial charge on any atom is -0.496 e. The molecule has 1 N–H and O–H groups in total. The van der Waals surface area contributed by atoms with Gasteiger partial charge in [-0.25, -0.2) is 4.68 Å². The van der Waals surface area contributed by atoms with Crippen molar-refractivity contribution < 1.29 is 4.74 Å². The first-order valence-electron chi connectivity index (χ1n) is 6.49. The number of para-hydroxylation sites is 1. The van der Waals surface area contributed by atoms with Gasteiger partial charge in [0.25, 0.3) is 0 Å². The van der Waals surface area contributed by atoms with Crippen LogP contribution < -0.4 is 10.1 Å². The molecule has 1 aromatic heterocycles. The lowest BCUT2D eigenvalue weighted by Gasteiger charge is -2.09. The Balaban J connectivity index is 1.63. The molecular weight excluding hydrogens is 274 g/mol. The lowest BCUT2D eigenvalue weighted by atomic mass is 10.2. The maximum absolute atomic E-state index is 5.32. The molecule has 0 unspecified atom stereocenters. The minimum absolute atomic E-state index is 0.820. The number of tetrazole rings is 1. The van der Waals surface area contributed by atoms with E-state index < -0.39 is 0 Å². The average molecular weight is 293 g/mol. The molecule has 0 saturated heterocycles. The molecule has 2 aromatic rings. The van der Waals surface area contributed by atoms with Crippen molar-refractivity contribution in [1.82, 2.24) is 25.5 Å². The molecule has 20 heavy (non-hydrogen) atoms. The second-order valence-corrected chi connectivity index (χ2v) is 5.34. The van der Waals surface area contributed by atoms with Gasteiger partial charge in [-0.2, -0.15) is 0 Å². The zero-order valence-corrected chi connectivity index (χ0v) is 12.6. The largest absolute Gasteiger partial charge is 0.496 e. The van der Waals surface area contributed by atoms with Gasteiger partial charge in [0, 0.05) is 24.9 Å². The van der Waals surface area contributed by atoms with Crippen LogP contribution in [0.1, 0.15) is 12.0 Å². The maximum atomic E-state index is 5.32. The Morgan fingerprint density at radius 3 is 2.95 bits per heavy atom. The van der Waals surface area contributed by atoms with E-state index in [4.69, 9.17) is 4.74 Å². The zero-order chi connectivity index (χ0) is 14.2. The van der Waals surface area contributed by atoms with Gasteiger partial charge in [0.1, 0.15) is 5.75 Å². The van der Waals surface area contributed by atoms with Crippen LogP contribution in [0.15, 0.2) is 29.4 Å². The third-order valence-electron chi connectivity index (χ3n) is 2.82. The number of methoxy groups -OCH3 is 1. The predicted molar refractivity (Wildman–Crippen MR) is 78.8 cm³/mol. The molecule has 0 fully saturated rings. The van der Waals surface area contributed by atoms with Crippen LogP contribution in [0.5, 0.6) is 5.75 Å². The lowest BCUT2D eigenvalue weighted by molar-refractivity contribution is 0.407. The van der Waals surface area contributed by atoms with Gasteiger partial charge in [-0.1, -0.05) is 30.0 Å². The summed E-state index contributed by atoms with van der Waals surface area (Å²) in [5, 5.41) is 15.6. The van der Waals surface area contributed by atoms with Gasteiger partial charge in [0.05, 0.1) is 7.11 Å². The van der Waals surface area contributed by atoms with Crippen LogP contribution in [0.4, 0.5) is 0 Å². The number of thioether (sulfide) groups is 1. The Bertz CT molecular complexity index is 531. The van der Waals surface area contributed by atoms with Crippen LogP contribution in [-0.2, 0) is 13.6 Å². The molecule has 0 atom stereocenters. The highest BCUT2D eigenvalue weighted by Crippen LogP contribution is 2.17. The summed E-state index contributed by atoms with van der Waals surface area (Å²) in [5.41, 5.74) is 1.18. The molecule has 0 radical (unpaired) electrons. The summed E-state index contributed by atoms with van der Waals surface area (Å²) in [6, 6.07) is 8.06. The number of hydrogen-bond donors (Lipinski definition) is 1. The molecule has 1 aromatic carbocycles. The van der Waals surface area contributed by atoms with Crippen LogP contribution in [0.3, 0.4) is 0 Å². The number of benzene rings is 1. The standard InChI is InChI=1S/C13H19N5OS/c1-18-13(15-16-17-18)20-9-5-8-14-10-11-6-3-4-7-12(11)19-2/h3-4,6-7,14H,5,8-10H2,1-2H3. The van der Waals surface area contributed by atoms with E-state index in [0.717, 1.165) is 36.2 Å². The molecule has 0 aliphatic rings. The van der Waals surface area contributed by atoms with Gasteiger partial charge in [-0.3, -0.25) is 0 Å². The van der Waals surface area contributed by atoms with Crippen LogP contribution in [0.25, 0.3) is 0 Å². The van der Waals surface area contributed by atoms with Crippen molar-refractivity contribution in [3.8, 4) is 5.75 Å². The lowest BCUT2D eigenvalue weighted by Crippen LogP contribution is -2.15. The van der Waals surface area contributed by atoms with Gasteiger partial charge >= 0.3 is 0 Å². The third-order valence-corrected chi connectivity index (χ3v) is 3.92. The number of nitrogens with one attached hydrogen (secondary N) is 1. The Kier molecular flexibility index (Phi) is 5.82. The second-order valence-electron chi connectivity index (χ2n) is 4.28. The molecule has 6 nitrogen and oxygen atoms in total. The van der Waals surface area contributed by atoms with Gasteiger partial charge in [0.15, 0.2) is 0 Å².